The fourth-order valence-corrected chi connectivity index (χ4v) is 2.36. The number of nitrogens with one attached hydrogen (secondary N) is 1. The third kappa shape index (κ3) is 5.80. The van der Waals surface area contributed by atoms with Crippen LogP contribution in [0.15, 0.2) is 54.6 Å². The van der Waals surface area contributed by atoms with Crippen LogP contribution in [0.25, 0.3) is 6.08 Å². The van der Waals surface area contributed by atoms with Gasteiger partial charge in [-0.3, -0.25) is 0 Å². The number of carboxylic acids is 1. The van der Waals surface area contributed by atoms with Gasteiger partial charge in [0.2, 0.25) is 0 Å². The molecule has 0 aliphatic carbocycles. The highest BCUT2D eigenvalue weighted by molar-refractivity contribution is 5.93. The molecule has 2 rings (SSSR count). The van der Waals surface area contributed by atoms with E-state index in [1.165, 1.54) is 0 Å². The number of hydrogen-bond acceptors (Lipinski definition) is 3. The summed E-state index contributed by atoms with van der Waals surface area (Å²) in [6.07, 6.45) is 3.69. The van der Waals surface area contributed by atoms with E-state index in [-0.39, 0.29) is 6.61 Å². The van der Waals surface area contributed by atoms with Crippen LogP contribution in [0.2, 0.25) is 0 Å². The van der Waals surface area contributed by atoms with Gasteiger partial charge in [-0.05, 0) is 30.0 Å². The van der Waals surface area contributed by atoms with E-state index in [9.17, 15) is 14.7 Å². The highest BCUT2D eigenvalue weighted by Crippen LogP contribution is 2.16. The molecule has 0 aromatic heterocycles. The van der Waals surface area contributed by atoms with Gasteiger partial charge in [-0.25, -0.2) is 9.59 Å². The maximum Gasteiger partial charge on any atom is 0.407 e. The summed E-state index contributed by atoms with van der Waals surface area (Å²) in [6.45, 7) is 2.41. The first kappa shape index (κ1) is 18.3. The van der Waals surface area contributed by atoms with Crippen molar-refractivity contribution in [1.29, 1.82) is 0 Å². The van der Waals surface area contributed by atoms with E-state index in [1.54, 1.807) is 25.1 Å². The van der Waals surface area contributed by atoms with Crippen LogP contribution in [0.3, 0.4) is 0 Å². The standard InChI is InChI=1S/C20H21NO4/c1-15-8-7-12-17(18(15)19(22)23)11-5-6-13-21-20(24)25-14-16-9-3-2-4-10-16/h2-5,7-12H,6,13-14H2,1H3,(H,21,24)(H,22,23). The molecule has 0 aliphatic rings. The predicted octanol–water partition coefficient (Wildman–Crippen LogP) is 4.02. The van der Waals surface area contributed by atoms with Gasteiger partial charge in [0, 0.05) is 6.54 Å². The van der Waals surface area contributed by atoms with Crippen molar-refractivity contribution in [3.05, 3.63) is 76.9 Å². The van der Waals surface area contributed by atoms with Crippen molar-refractivity contribution in [2.75, 3.05) is 6.54 Å². The number of amides is 1. The molecule has 0 fully saturated rings. The molecule has 0 heterocycles. The number of aromatic carboxylic acids is 1. The van der Waals surface area contributed by atoms with E-state index in [4.69, 9.17) is 4.74 Å². The molecule has 0 spiro atoms. The van der Waals surface area contributed by atoms with Crippen molar-refractivity contribution in [3.63, 3.8) is 0 Å². The number of carboxylic acid groups (broad SMARTS) is 1. The number of rotatable bonds is 7. The molecule has 5 nitrogen and oxygen atoms in total. The zero-order valence-electron chi connectivity index (χ0n) is 14.1. The summed E-state index contributed by atoms with van der Waals surface area (Å²) in [5.74, 6) is -0.944. The Morgan fingerprint density at radius 3 is 2.60 bits per heavy atom. The second-order valence-corrected chi connectivity index (χ2v) is 5.52. The molecule has 25 heavy (non-hydrogen) atoms. The molecule has 130 valence electrons. The van der Waals surface area contributed by atoms with Crippen LogP contribution < -0.4 is 5.32 Å². The molecule has 0 saturated carbocycles. The molecule has 0 aliphatic heterocycles. The zero-order chi connectivity index (χ0) is 18.1. The molecule has 0 unspecified atom stereocenters. The Labute approximate surface area is 146 Å². The number of benzene rings is 2. The fraction of sp³-hybridized carbons (Fsp3) is 0.200. The molecule has 0 atom stereocenters. The van der Waals surface area contributed by atoms with E-state index in [0.29, 0.717) is 24.1 Å². The second-order valence-electron chi connectivity index (χ2n) is 5.52. The van der Waals surface area contributed by atoms with Gasteiger partial charge in [0.1, 0.15) is 6.61 Å². The predicted molar refractivity (Wildman–Crippen MR) is 96.4 cm³/mol. The molecule has 2 N–H and O–H groups in total. The maximum absolute atomic E-state index is 11.6. The van der Waals surface area contributed by atoms with Gasteiger partial charge >= 0.3 is 12.1 Å². The molecule has 0 bridgehead atoms. The smallest absolute Gasteiger partial charge is 0.407 e. The SMILES string of the molecule is Cc1cccc(C=CCCNC(=O)OCc2ccccc2)c1C(=O)O. The third-order valence-corrected chi connectivity index (χ3v) is 3.61. The Hall–Kier alpha value is -3.08. The van der Waals surface area contributed by atoms with Crippen LogP contribution in [0.5, 0.6) is 0 Å². The minimum absolute atomic E-state index is 0.230. The zero-order valence-corrected chi connectivity index (χ0v) is 14.1. The van der Waals surface area contributed by atoms with Gasteiger partial charge in [0.05, 0.1) is 5.56 Å². The first-order valence-corrected chi connectivity index (χ1v) is 8.02. The molecular weight excluding hydrogens is 318 g/mol. The van der Waals surface area contributed by atoms with E-state index >= 15 is 0 Å². The summed E-state index contributed by atoms with van der Waals surface area (Å²) in [6, 6.07) is 14.8. The second kappa shape index (κ2) is 9.27. The number of carbonyl (C=O) groups excluding carboxylic acids is 1. The lowest BCUT2D eigenvalue weighted by molar-refractivity contribution is 0.0696. The summed E-state index contributed by atoms with van der Waals surface area (Å²) in [5.41, 5.74) is 2.60. The summed E-state index contributed by atoms with van der Waals surface area (Å²) < 4.78 is 5.11. The third-order valence-electron chi connectivity index (χ3n) is 3.61. The first-order valence-electron chi connectivity index (χ1n) is 8.02. The number of ether oxygens (including phenoxy) is 1. The van der Waals surface area contributed by atoms with E-state index in [2.05, 4.69) is 5.32 Å². The minimum atomic E-state index is -0.944. The number of aryl methyl sites for hydroxylation is 1. The van der Waals surface area contributed by atoms with Gasteiger partial charge in [-0.1, -0.05) is 60.7 Å². The molecule has 1 amide bonds. The average molecular weight is 339 g/mol. The molecule has 0 saturated heterocycles. The monoisotopic (exact) mass is 339 g/mol. The Balaban J connectivity index is 1.76. The van der Waals surface area contributed by atoms with Gasteiger partial charge in [-0.2, -0.15) is 0 Å². The minimum Gasteiger partial charge on any atom is -0.478 e. The van der Waals surface area contributed by atoms with Gasteiger partial charge < -0.3 is 15.2 Å². The van der Waals surface area contributed by atoms with Crippen molar-refractivity contribution >= 4 is 18.1 Å². The number of alkyl carbamates (subject to hydrolysis) is 1. The molecule has 2 aromatic carbocycles. The topological polar surface area (TPSA) is 75.6 Å². The number of carbonyl (C=O) groups is 2. The Morgan fingerprint density at radius 2 is 1.88 bits per heavy atom. The molecular formula is C20H21NO4. The van der Waals surface area contributed by atoms with Crippen LogP contribution in [0, 0.1) is 6.92 Å². The summed E-state index contributed by atoms with van der Waals surface area (Å²) >= 11 is 0. The lowest BCUT2D eigenvalue weighted by Gasteiger charge is -2.06. The van der Waals surface area contributed by atoms with Crippen molar-refractivity contribution < 1.29 is 19.4 Å². The fourth-order valence-electron chi connectivity index (χ4n) is 2.36. The summed E-state index contributed by atoms with van der Waals surface area (Å²) in [4.78, 5) is 22.9. The van der Waals surface area contributed by atoms with E-state index < -0.39 is 12.1 Å². The largest absolute Gasteiger partial charge is 0.478 e. The lowest BCUT2D eigenvalue weighted by atomic mass is 10.0. The van der Waals surface area contributed by atoms with E-state index in [1.807, 2.05) is 42.5 Å². The van der Waals surface area contributed by atoms with Gasteiger partial charge in [0.25, 0.3) is 0 Å². The first-order chi connectivity index (χ1) is 12.1. The average Bonchev–Trinajstić information content (AvgIpc) is 2.60. The normalized spacial score (nSPS) is 10.6. The van der Waals surface area contributed by atoms with Crippen molar-refractivity contribution in [2.45, 2.75) is 20.0 Å². The maximum atomic E-state index is 11.6. The Morgan fingerprint density at radius 1 is 1.12 bits per heavy atom. The Kier molecular flexibility index (Phi) is 6.77. The van der Waals surface area contributed by atoms with Gasteiger partial charge in [-0.15, -0.1) is 0 Å². The Bertz CT molecular complexity index is 754. The van der Waals surface area contributed by atoms with Crippen molar-refractivity contribution in [3.8, 4) is 0 Å². The van der Waals surface area contributed by atoms with Crippen LogP contribution in [0.4, 0.5) is 4.79 Å². The summed E-state index contributed by atoms with van der Waals surface area (Å²) in [7, 11) is 0. The van der Waals surface area contributed by atoms with Crippen LogP contribution in [0.1, 0.15) is 33.5 Å². The van der Waals surface area contributed by atoms with Crippen molar-refractivity contribution in [2.24, 2.45) is 0 Å². The molecule has 2 aromatic rings. The van der Waals surface area contributed by atoms with Crippen LogP contribution in [-0.4, -0.2) is 23.7 Å². The number of hydrogen-bond donors (Lipinski definition) is 2. The van der Waals surface area contributed by atoms with Crippen LogP contribution >= 0.6 is 0 Å². The lowest BCUT2D eigenvalue weighted by Crippen LogP contribution is -2.24. The summed E-state index contributed by atoms with van der Waals surface area (Å²) in [5, 5.41) is 11.9. The highest BCUT2D eigenvalue weighted by Gasteiger charge is 2.10. The molecule has 5 heteroatoms. The van der Waals surface area contributed by atoms with E-state index in [0.717, 1.165) is 11.1 Å². The van der Waals surface area contributed by atoms with Crippen molar-refractivity contribution in [1.82, 2.24) is 5.32 Å². The quantitative estimate of drug-likeness (QED) is 0.747. The molecule has 0 radical (unpaired) electrons. The van der Waals surface area contributed by atoms with Crippen LogP contribution in [-0.2, 0) is 11.3 Å². The van der Waals surface area contributed by atoms with Gasteiger partial charge in [0.15, 0.2) is 0 Å². The highest BCUT2D eigenvalue weighted by atomic mass is 16.5.